The molecule has 2 amide bonds. The molecule has 230 valence electrons. The number of anilines is 2. The van der Waals surface area contributed by atoms with Crippen LogP contribution in [0.15, 0.2) is 66.7 Å². The molecule has 3 aromatic rings. The maximum Gasteiger partial charge on any atom is 0.269 e. The molecule has 3 aromatic carbocycles. The Morgan fingerprint density at radius 3 is 2.32 bits per heavy atom. The molecule has 0 bridgehead atoms. The van der Waals surface area contributed by atoms with Gasteiger partial charge in [0, 0.05) is 55.3 Å². The predicted octanol–water partition coefficient (Wildman–Crippen LogP) is 5.36. The molecule has 0 radical (unpaired) electrons. The SMILES string of the molecule is NC1CCC(N(Cc2cccc(-c3ccc(N4CCOCC4)c(NC(=O)c4ccc([N+](=O)[O-])cc4)c3)c2)C(=O)C2CC2)CC1. The van der Waals surface area contributed by atoms with Gasteiger partial charge < -0.3 is 25.6 Å². The first-order valence-corrected chi connectivity index (χ1v) is 15.5. The Bertz CT molecular complexity index is 1510. The summed E-state index contributed by atoms with van der Waals surface area (Å²) in [7, 11) is 0. The van der Waals surface area contributed by atoms with Gasteiger partial charge in [-0.25, -0.2) is 0 Å². The van der Waals surface area contributed by atoms with Crippen LogP contribution in [0.3, 0.4) is 0 Å². The number of amides is 2. The number of hydrogen-bond donors (Lipinski definition) is 2. The van der Waals surface area contributed by atoms with Gasteiger partial charge in [0.2, 0.25) is 5.91 Å². The molecule has 3 N–H and O–H groups in total. The average Bonchev–Trinajstić information content (AvgIpc) is 3.90. The number of nitro groups is 1. The number of rotatable bonds is 9. The van der Waals surface area contributed by atoms with Crippen LogP contribution in [0.25, 0.3) is 11.1 Å². The van der Waals surface area contributed by atoms with Crippen LogP contribution >= 0.6 is 0 Å². The maximum absolute atomic E-state index is 13.4. The van der Waals surface area contributed by atoms with E-state index in [1.54, 1.807) is 0 Å². The highest BCUT2D eigenvalue weighted by Gasteiger charge is 2.37. The molecule has 2 saturated carbocycles. The van der Waals surface area contributed by atoms with Gasteiger partial charge in [0.05, 0.1) is 29.5 Å². The highest BCUT2D eigenvalue weighted by Crippen LogP contribution is 2.36. The zero-order valence-corrected chi connectivity index (χ0v) is 24.8. The Hall–Kier alpha value is -4.28. The molecule has 6 rings (SSSR count). The van der Waals surface area contributed by atoms with E-state index in [1.807, 2.05) is 24.3 Å². The Kier molecular flexibility index (Phi) is 8.90. The van der Waals surface area contributed by atoms with Crippen molar-refractivity contribution in [2.75, 3.05) is 36.5 Å². The van der Waals surface area contributed by atoms with E-state index in [1.165, 1.54) is 24.3 Å². The van der Waals surface area contributed by atoms with Crippen LogP contribution in [0.4, 0.5) is 17.1 Å². The van der Waals surface area contributed by atoms with Crippen LogP contribution in [0.2, 0.25) is 0 Å². The Labute approximate surface area is 257 Å². The van der Waals surface area contributed by atoms with Gasteiger partial charge >= 0.3 is 0 Å². The molecule has 1 heterocycles. The minimum Gasteiger partial charge on any atom is -0.378 e. The molecule has 44 heavy (non-hydrogen) atoms. The summed E-state index contributed by atoms with van der Waals surface area (Å²) in [6, 6.07) is 20.4. The number of nitrogens with zero attached hydrogens (tertiary/aromatic N) is 3. The fourth-order valence-corrected chi connectivity index (χ4v) is 6.24. The molecule has 1 aliphatic heterocycles. The summed E-state index contributed by atoms with van der Waals surface area (Å²) in [6.45, 7) is 3.17. The summed E-state index contributed by atoms with van der Waals surface area (Å²) in [5.41, 5.74) is 11.0. The lowest BCUT2D eigenvalue weighted by molar-refractivity contribution is -0.384. The van der Waals surface area contributed by atoms with E-state index >= 15 is 0 Å². The van der Waals surface area contributed by atoms with E-state index in [-0.39, 0.29) is 35.5 Å². The fourth-order valence-electron chi connectivity index (χ4n) is 6.24. The van der Waals surface area contributed by atoms with E-state index in [4.69, 9.17) is 10.5 Å². The summed E-state index contributed by atoms with van der Waals surface area (Å²) in [5, 5.41) is 14.1. The van der Waals surface area contributed by atoms with Crippen molar-refractivity contribution in [1.29, 1.82) is 0 Å². The highest BCUT2D eigenvalue weighted by atomic mass is 16.6. The monoisotopic (exact) mass is 597 g/mol. The van der Waals surface area contributed by atoms with Gasteiger partial charge in [-0.15, -0.1) is 0 Å². The Balaban J connectivity index is 1.27. The van der Waals surface area contributed by atoms with Crippen molar-refractivity contribution in [2.45, 2.75) is 57.2 Å². The Morgan fingerprint density at radius 2 is 1.64 bits per heavy atom. The smallest absolute Gasteiger partial charge is 0.269 e. The van der Waals surface area contributed by atoms with E-state index in [0.717, 1.165) is 60.9 Å². The first-order valence-electron chi connectivity index (χ1n) is 15.5. The average molecular weight is 598 g/mol. The number of nitrogens with one attached hydrogen (secondary N) is 1. The van der Waals surface area contributed by atoms with Crippen LogP contribution < -0.4 is 16.0 Å². The first kappa shape index (κ1) is 29.8. The third kappa shape index (κ3) is 6.92. The van der Waals surface area contributed by atoms with E-state index in [9.17, 15) is 19.7 Å². The molecule has 3 aliphatic rings. The molecule has 2 aliphatic carbocycles. The maximum atomic E-state index is 13.4. The lowest BCUT2D eigenvalue weighted by Crippen LogP contribution is -2.44. The molecule has 0 aromatic heterocycles. The van der Waals surface area contributed by atoms with Gasteiger partial charge in [-0.05, 0) is 85.5 Å². The topological polar surface area (TPSA) is 131 Å². The first-order chi connectivity index (χ1) is 21.4. The van der Waals surface area contributed by atoms with E-state index in [0.29, 0.717) is 44.1 Å². The summed E-state index contributed by atoms with van der Waals surface area (Å²) in [4.78, 5) is 41.5. The van der Waals surface area contributed by atoms with Crippen LogP contribution in [0.1, 0.15) is 54.4 Å². The molecular formula is C34H39N5O5. The zero-order chi connectivity index (χ0) is 30.6. The molecular weight excluding hydrogens is 558 g/mol. The van der Waals surface area contributed by atoms with Crippen molar-refractivity contribution >= 4 is 28.9 Å². The van der Waals surface area contributed by atoms with Crippen molar-refractivity contribution in [3.63, 3.8) is 0 Å². The molecule has 10 nitrogen and oxygen atoms in total. The van der Waals surface area contributed by atoms with Crippen LogP contribution in [0.5, 0.6) is 0 Å². The van der Waals surface area contributed by atoms with Crippen LogP contribution in [-0.2, 0) is 16.1 Å². The molecule has 10 heteroatoms. The Morgan fingerprint density at radius 1 is 0.932 bits per heavy atom. The third-order valence-corrected chi connectivity index (χ3v) is 8.94. The standard InChI is InChI=1S/C34H39N5O5/c35-28-9-13-29(14-10-28)38(34(41)25-4-5-25)22-23-2-1-3-26(20-23)27-8-15-32(37-16-18-44-19-17-37)31(21-27)36-33(40)24-6-11-30(12-7-24)39(42)43/h1-3,6-8,11-12,15,20-21,25,28-29H,4-5,9-10,13-14,16-19,22,35H2,(H,36,40). The number of ether oxygens (including phenoxy) is 1. The van der Waals surface area contributed by atoms with Crippen LogP contribution in [-0.4, -0.2) is 60.0 Å². The van der Waals surface area contributed by atoms with E-state index in [2.05, 4.69) is 33.3 Å². The number of nitro benzene ring substituents is 1. The second-order valence-electron chi connectivity index (χ2n) is 12.1. The second kappa shape index (κ2) is 13.2. The van der Waals surface area contributed by atoms with E-state index < -0.39 is 4.92 Å². The quantitative estimate of drug-likeness (QED) is 0.251. The zero-order valence-electron chi connectivity index (χ0n) is 24.8. The van der Waals surface area contributed by atoms with Crippen molar-refractivity contribution in [3.8, 4) is 11.1 Å². The summed E-state index contributed by atoms with van der Waals surface area (Å²) in [5.74, 6) is 0.0761. The minimum absolute atomic E-state index is 0.0677. The molecule has 0 unspecified atom stereocenters. The number of non-ortho nitro benzene ring substituents is 1. The summed E-state index contributed by atoms with van der Waals surface area (Å²) < 4.78 is 5.55. The number of morpholine rings is 1. The predicted molar refractivity (Wildman–Crippen MR) is 169 cm³/mol. The third-order valence-electron chi connectivity index (χ3n) is 8.94. The van der Waals surface area contributed by atoms with Gasteiger partial charge in [-0.3, -0.25) is 19.7 Å². The molecule has 1 saturated heterocycles. The number of carbonyl (C=O) groups excluding carboxylic acids is 2. The molecule has 0 spiro atoms. The molecule has 0 atom stereocenters. The minimum atomic E-state index is -0.485. The fraction of sp³-hybridized carbons (Fsp3) is 0.412. The van der Waals surface area contributed by atoms with Gasteiger partial charge in [-0.2, -0.15) is 0 Å². The van der Waals surface area contributed by atoms with Crippen molar-refractivity contribution in [2.24, 2.45) is 11.7 Å². The highest BCUT2D eigenvalue weighted by molar-refractivity contribution is 6.06. The van der Waals surface area contributed by atoms with Crippen molar-refractivity contribution < 1.29 is 19.2 Å². The van der Waals surface area contributed by atoms with Crippen molar-refractivity contribution in [3.05, 3.63) is 88.0 Å². The largest absolute Gasteiger partial charge is 0.378 e. The summed E-state index contributed by atoms with van der Waals surface area (Å²) >= 11 is 0. The summed E-state index contributed by atoms with van der Waals surface area (Å²) in [6.07, 6.45) is 5.74. The van der Waals surface area contributed by atoms with Gasteiger partial charge in [0.15, 0.2) is 0 Å². The second-order valence-corrected chi connectivity index (χ2v) is 12.1. The lowest BCUT2D eigenvalue weighted by Gasteiger charge is -2.36. The van der Waals surface area contributed by atoms with Gasteiger partial charge in [0.25, 0.3) is 11.6 Å². The molecule has 3 fully saturated rings. The van der Waals surface area contributed by atoms with Gasteiger partial charge in [-0.1, -0.05) is 24.3 Å². The number of hydrogen-bond acceptors (Lipinski definition) is 7. The normalized spacial score (nSPS) is 20.2. The van der Waals surface area contributed by atoms with Crippen molar-refractivity contribution in [1.82, 2.24) is 4.90 Å². The van der Waals surface area contributed by atoms with Crippen LogP contribution in [0, 0.1) is 16.0 Å². The number of carbonyl (C=O) groups is 2. The van der Waals surface area contributed by atoms with Gasteiger partial charge in [0.1, 0.15) is 0 Å². The number of nitrogens with two attached hydrogens (primary N) is 1. The number of benzene rings is 3. The lowest BCUT2D eigenvalue weighted by atomic mass is 9.90.